The molecule has 2 rings (SSSR count). The summed E-state index contributed by atoms with van der Waals surface area (Å²) >= 11 is 0. The van der Waals surface area contributed by atoms with E-state index in [1.807, 2.05) is 0 Å². The third-order valence-corrected chi connectivity index (χ3v) is 3.86. The molecule has 2 amide bonds. The summed E-state index contributed by atoms with van der Waals surface area (Å²) in [6, 6.07) is 3.25. The molecule has 1 saturated heterocycles. The van der Waals surface area contributed by atoms with Crippen LogP contribution in [0.15, 0.2) is 29.9 Å². The van der Waals surface area contributed by atoms with Crippen molar-refractivity contribution in [2.24, 2.45) is 5.10 Å². The molecule has 140 valence electrons. The lowest BCUT2D eigenvalue weighted by molar-refractivity contribution is -0.139. The molecule has 1 aromatic rings. The first-order valence-electron chi connectivity index (χ1n) is 8.28. The lowest BCUT2D eigenvalue weighted by Gasteiger charge is -2.10. The number of nitrogens with zero attached hydrogens (tertiary/aromatic N) is 1. The topological polar surface area (TPSA) is 109 Å². The fraction of sp³-hybridized carbons (Fsp3) is 0.389. The molecule has 0 bridgehead atoms. The number of allylic oxidation sites excluding steroid dienone is 1. The van der Waals surface area contributed by atoms with Gasteiger partial charge in [-0.15, -0.1) is 6.58 Å². The molecule has 0 unspecified atom stereocenters. The predicted octanol–water partition coefficient (Wildman–Crippen LogP) is 0.875. The van der Waals surface area contributed by atoms with Gasteiger partial charge in [-0.05, 0) is 37.0 Å². The van der Waals surface area contributed by atoms with Crippen LogP contribution in [-0.2, 0) is 20.7 Å². The largest absolute Gasteiger partial charge is 0.504 e. The molecule has 8 heteroatoms. The maximum atomic E-state index is 11.7. The first-order chi connectivity index (χ1) is 12.5. The number of phenolic OH excluding ortho intramolecular Hbond substituents is 1. The van der Waals surface area contributed by atoms with Gasteiger partial charge in [0.2, 0.25) is 0 Å². The van der Waals surface area contributed by atoms with E-state index in [1.165, 1.54) is 13.3 Å². The van der Waals surface area contributed by atoms with Gasteiger partial charge in [0.05, 0.1) is 19.4 Å². The molecule has 1 aromatic carbocycles. The highest BCUT2D eigenvalue weighted by Gasteiger charge is 2.19. The fourth-order valence-corrected chi connectivity index (χ4v) is 2.54. The van der Waals surface area contributed by atoms with Gasteiger partial charge in [0, 0.05) is 18.7 Å². The molecule has 0 aliphatic carbocycles. The number of benzene rings is 1. The van der Waals surface area contributed by atoms with Gasteiger partial charge < -0.3 is 19.9 Å². The van der Waals surface area contributed by atoms with Crippen molar-refractivity contribution in [3.05, 3.63) is 35.9 Å². The van der Waals surface area contributed by atoms with Gasteiger partial charge in [-0.2, -0.15) is 5.10 Å². The van der Waals surface area contributed by atoms with Gasteiger partial charge in [-0.25, -0.2) is 5.43 Å². The molecule has 1 aliphatic rings. The molecule has 3 N–H and O–H groups in total. The number of hydrazone groups is 1. The lowest BCUT2D eigenvalue weighted by atomic mass is 10.1. The molecule has 0 saturated carbocycles. The number of amides is 2. The molecule has 8 nitrogen and oxygen atoms in total. The van der Waals surface area contributed by atoms with Gasteiger partial charge in [0.25, 0.3) is 0 Å². The average Bonchev–Trinajstić information content (AvgIpc) is 3.15. The van der Waals surface area contributed by atoms with Crippen LogP contribution in [0.1, 0.15) is 24.0 Å². The van der Waals surface area contributed by atoms with Crippen LogP contribution in [0.25, 0.3) is 0 Å². The molecule has 1 heterocycles. The number of aromatic hydroxyl groups is 1. The molecular weight excluding hydrogens is 338 g/mol. The standard InChI is InChI=1S/C18H23N3O5/c1-3-5-13-8-12(9-15(25-2)16(13)22)10-20-21-18(24)17(23)19-11-14-6-4-7-26-14/h3,8-10,14,22H,1,4-7,11H2,2H3,(H,19,23)(H,21,24)/b20-10+/t14-/m1/s1. The minimum Gasteiger partial charge on any atom is -0.504 e. The van der Waals surface area contributed by atoms with Crippen LogP contribution >= 0.6 is 0 Å². The number of rotatable bonds is 7. The van der Waals surface area contributed by atoms with Crippen molar-refractivity contribution in [3.8, 4) is 11.5 Å². The van der Waals surface area contributed by atoms with Crippen LogP contribution in [0.5, 0.6) is 11.5 Å². The summed E-state index contributed by atoms with van der Waals surface area (Å²) in [5.74, 6) is -1.32. The van der Waals surface area contributed by atoms with E-state index < -0.39 is 11.8 Å². The number of ether oxygens (including phenoxy) is 2. The van der Waals surface area contributed by atoms with Crippen molar-refractivity contribution in [3.63, 3.8) is 0 Å². The van der Waals surface area contributed by atoms with E-state index in [4.69, 9.17) is 9.47 Å². The van der Waals surface area contributed by atoms with Gasteiger partial charge in [0.15, 0.2) is 11.5 Å². The zero-order chi connectivity index (χ0) is 18.9. The zero-order valence-electron chi connectivity index (χ0n) is 14.7. The van der Waals surface area contributed by atoms with Crippen molar-refractivity contribution < 1.29 is 24.2 Å². The summed E-state index contributed by atoms with van der Waals surface area (Å²) in [5, 5.41) is 16.3. The van der Waals surface area contributed by atoms with Crippen LogP contribution < -0.4 is 15.5 Å². The summed E-state index contributed by atoms with van der Waals surface area (Å²) in [4.78, 5) is 23.4. The highest BCUT2D eigenvalue weighted by atomic mass is 16.5. The second-order valence-electron chi connectivity index (χ2n) is 5.77. The van der Waals surface area contributed by atoms with Gasteiger partial charge >= 0.3 is 11.8 Å². The molecule has 0 radical (unpaired) electrons. The predicted molar refractivity (Wildman–Crippen MR) is 96.3 cm³/mol. The average molecular weight is 361 g/mol. The third-order valence-electron chi connectivity index (χ3n) is 3.86. The quantitative estimate of drug-likeness (QED) is 0.289. The van der Waals surface area contributed by atoms with E-state index in [0.29, 0.717) is 30.7 Å². The normalized spacial score (nSPS) is 16.4. The Morgan fingerprint density at radius 3 is 2.92 bits per heavy atom. The van der Waals surface area contributed by atoms with Crippen molar-refractivity contribution >= 4 is 18.0 Å². The molecule has 26 heavy (non-hydrogen) atoms. The van der Waals surface area contributed by atoms with Crippen molar-refractivity contribution in [1.82, 2.24) is 10.7 Å². The number of phenols is 1. The van der Waals surface area contributed by atoms with E-state index in [9.17, 15) is 14.7 Å². The van der Waals surface area contributed by atoms with E-state index in [-0.39, 0.29) is 17.6 Å². The number of hydrogen-bond donors (Lipinski definition) is 3. The maximum Gasteiger partial charge on any atom is 0.329 e. The van der Waals surface area contributed by atoms with Gasteiger partial charge in [-0.3, -0.25) is 9.59 Å². The molecule has 0 aromatic heterocycles. The van der Waals surface area contributed by atoms with Crippen LogP contribution in [-0.4, -0.2) is 49.5 Å². The number of carbonyl (C=O) groups is 2. The number of carbonyl (C=O) groups excluding carboxylic acids is 2. The summed E-state index contributed by atoms with van der Waals surface area (Å²) in [7, 11) is 1.44. The number of methoxy groups -OCH3 is 1. The van der Waals surface area contributed by atoms with Gasteiger partial charge in [-0.1, -0.05) is 6.08 Å². The van der Waals surface area contributed by atoms with Crippen LogP contribution in [0.2, 0.25) is 0 Å². The Bertz CT molecular complexity index is 696. The minimum atomic E-state index is -0.865. The Balaban J connectivity index is 1.91. The fourth-order valence-electron chi connectivity index (χ4n) is 2.54. The SMILES string of the molecule is C=CCc1cc(/C=N/NC(=O)C(=O)NC[C@H]2CCCO2)cc(OC)c1O. The Hall–Kier alpha value is -2.87. The Labute approximate surface area is 151 Å². The number of nitrogens with one attached hydrogen (secondary N) is 2. The van der Waals surface area contributed by atoms with E-state index in [1.54, 1.807) is 18.2 Å². The maximum absolute atomic E-state index is 11.7. The second kappa shape index (κ2) is 9.57. The Kier molecular flexibility index (Phi) is 7.16. The van der Waals surface area contributed by atoms with Crippen molar-refractivity contribution in [2.75, 3.05) is 20.3 Å². The van der Waals surface area contributed by atoms with Crippen LogP contribution in [0, 0.1) is 0 Å². The first kappa shape index (κ1) is 19.5. The molecular formula is C18H23N3O5. The summed E-state index contributed by atoms with van der Waals surface area (Å²) < 4.78 is 10.5. The molecule has 1 fully saturated rings. The lowest BCUT2D eigenvalue weighted by Crippen LogP contribution is -2.41. The van der Waals surface area contributed by atoms with Crippen molar-refractivity contribution in [1.29, 1.82) is 0 Å². The highest BCUT2D eigenvalue weighted by molar-refractivity contribution is 6.35. The third kappa shape index (κ3) is 5.32. The van der Waals surface area contributed by atoms with Gasteiger partial charge in [0.1, 0.15) is 0 Å². The van der Waals surface area contributed by atoms with Crippen molar-refractivity contribution in [2.45, 2.75) is 25.4 Å². The first-order valence-corrected chi connectivity index (χ1v) is 8.28. The Morgan fingerprint density at radius 2 is 2.27 bits per heavy atom. The molecule has 1 aliphatic heterocycles. The summed E-state index contributed by atoms with van der Waals surface area (Å²) in [6.07, 6.45) is 5.25. The van der Waals surface area contributed by atoms with E-state index in [0.717, 1.165) is 12.8 Å². The molecule has 0 spiro atoms. The summed E-state index contributed by atoms with van der Waals surface area (Å²) in [6.45, 7) is 4.62. The summed E-state index contributed by atoms with van der Waals surface area (Å²) in [5.41, 5.74) is 3.37. The van der Waals surface area contributed by atoms with Crippen LogP contribution in [0.3, 0.4) is 0 Å². The molecule has 1 atom stereocenters. The monoisotopic (exact) mass is 361 g/mol. The zero-order valence-corrected chi connectivity index (χ0v) is 14.7. The van der Waals surface area contributed by atoms with Crippen LogP contribution in [0.4, 0.5) is 0 Å². The smallest absolute Gasteiger partial charge is 0.329 e. The number of hydrogen-bond acceptors (Lipinski definition) is 6. The highest BCUT2D eigenvalue weighted by Crippen LogP contribution is 2.31. The van der Waals surface area contributed by atoms with E-state index in [2.05, 4.69) is 22.4 Å². The second-order valence-corrected chi connectivity index (χ2v) is 5.77. The van der Waals surface area contributed by atoms with E-state index >= 15 is 0 Å². The Morgan fingerprint density at radius 1 is 1.46 bits per heavy atom. The minimum absolute atomic E-state index is 0.0297.